The summed E-state index contributed by atoms with van der Waals surface area (Å²) in [5.41, 5.74) is 17.1. The minimum Gasteiger partial charge on any atom is -0.508 e. The molecular weight excluding hydrogens is 590 g/mol. The van der Waals surface area contributed by atoms with Crippen molar-refractivity contribution in [2.75, 3.05) is 6.54 Å². The predicted octanol–water partition coefficient (Wildman–Crippen LogP) is -1.91. The van der Waals surface area contributed by atoms with Gasteiger partial charge in [0, 0.05) is 17.1 Å². The van der Waals surface area contributed by atoms with E-state index in [0.717, 1.165) is 6.42 Å². The molecule has 0 aliphatic carbocycles. The highest BCUT2D eigenvalue weighted by Crippen LogP contribution is 2.24. The zero-order valence-electron chi connectivity index (χ0n) is 24.9. The number of hydrazine groups is 1. The number of carboxylic acids is 1. The molecule has 5 atom stereocenters. The Hall–Kier alpha value is -4.51. The van der Waals surface area contributed by atoms with Crippen molar-refractivity contribution in [3.05, 3.63) is 30.0 Å². The van der Waals surface area contributed by atoms with E-state index in [1.807, 2.05) is 0 Å². The van der Waals surface area contributed by atoms with Crippen molar-refractivity contribution in [2.24, 2.45) is 17.4 Å². The number of rotatable bonds is 18. The van der Waals surface area contributed by atoms with Crippen LogP contribution in [0.15, 0.2) is 24.4 Å². The Balaban J connectivity index is 1.86. The Morgan fingerprint density at radius 3 is 2.24 bits per heavy atom. The molecule has 1 saturated heterocycles. The highest BCUT2D eigenvalue weighted by atomic mass is 16.4. The molecule has 11 N–H and O–H groups in total. The van der Waals surface area contributed by atoms with Gasteiger partial charge in [0.2, 0.25) is 34.9 Å². The van der Waals surface area contributed by atoms with E-state index in [1.54, 1.807) is 19.9 Å². The Morgan fingerprint density at radius 1 is 0.978 bits per heavy atom. The van der Waals surface area contributed by atoms with Crippen LogP contribution in [0, 0.1) is 5.92 Å². The highest BCUT2D eigenvalue weighted by Gasteiger charge is 2.37. The van der Waals surface area contributed by atoms with E-state index in [0.29, 0.717) is 29.4 Å². The number of phenols is 1. The fourth-order valence-corrected chi connectivity index (χ4v) is 5.03. The molecule has 0 saturated carbocycles. The molecule has 244 valence electrons. The third-order valence-electron chi connectivity index (χ3n) is 7.49. The van der Waals surface area contributed by atoms with Gasteiger partial charge >= 0.3 is 5.97 Å². The first-order valence-electron chi connectivity index (χ1n) is 14.4. The normalized spacial score (nSPS) is 17.4. The number of H-pyrrole nitrogens is 1. The monoisotopic (exact) mass is 629 g/mol. The lowest BCUT2D eigenvalue weighted by Crippen LogP contribution is -2.60. The molecule has 2 amide bonds. The Bertz CT molecular complexity index is 1470. The number of nitrogens with two attached hydrogens (primary N) is 2. The fourth-order valence-electron chi connectivity index (χ4n) is 5.03. The number of aromatic amines is 1. The van der Waals surface area contributed by atoms with Crippen LogP contribution in [0.2, 0.25) is 0 Å². The Morgan fingerprint density at radius 2 is 1.64 bits per heavy atom. The summed E-state index contributed by atoms with van der Waals surface area (Å²) in [4.78, 5) is 91.5. The van der Waals surface area contributed by atoms with Crippen molar-refractivity contribution in [3.63, 3.8) is 0 Å². The van der Waals surface area contributed by atoms with Crippen molar-refractivity contribution in [1.82, 2.24) is 26.5 Å². The van der Waals surface area contributed by atoms with Gasteiger partial charge < -0.3 is 37.3 Å². The number of aromatic nitrogens is 1. The van der Waals surface area contributed by atoms with Gasteiger partial charge in [-0.15, -0.1) is 0 Å². The lowest BCUT2D eigenvalue weighted by atomic mass is 9.93. The SMILES string of the molecule is CC(C)[C@H](NC(=O)[C@@H]1CCCN1)C(=O)C(=O)[C@H](CC(N)=O)NNC(Cc1c[nH]c2ccc(O)cc12)C(=O)C(=O)[C@@H](N)CC(=O)O. The average molecular weight is 630 g/mol. The first-order valence-corrected chi connectivity index (χ1v) is 14.4. The summed E-state index contributed by atoms with van der Waals surface area (Å²) in [5, 5.41) is 25.1. The van der Waals surface area contributed by atoms with E-state index < -0.39 is 89.9 Å². The lowest BCUT2D eigenvalue weighted by Gasteiger charge is -2.26. The maximum Gasteiger partial charge on any atom is 0.305 e. The number of Topliss-reactive ketones (excluding diaryl/α,β-unsaturated/α-hetero) is 4. The molecule has 1 aliphatic heterocycles. The number of carbonyl (C=O) groups excluding carboxylic acids is 6. The molecule has 0 spiro atoms. The molecule has 1 aliphatic rings. The summed E-state index contributed by atoms with van der Waals surface area (Å²) in [7, 11) is 0. The number of primary amides is 1. The van der Waals surface area contributed by atoms with Crippen LogP contribution in [0.25, 0.3) is 10.9 Å². The maximum absolute atomic E-state index is 13.4. The first kappa shape index (κ1) is 35.0. The third kappa shape index (κ3) is 9.24. The summed E-state index contributed by atoms with van der Waals surface area (Å²) < 4.78 is 0. The van der Waals surface area contributed by atoms with Crippen LogP contribution in [0.1, 0.15) is 45.1 Å². The van der Waals surface area contributed by atoms with Crippen molar-refractivity contribution < 1.29 is 43.8 Å². The van der Waals surface area contributed by atoms with Gasteiger partial charge in [0.25, 0.3) is 0 Å². The number of hydrogen-bond acceptors (Lipinski definition) is 12. The van der Waals surface area contributed by atoms with Gasteiger partial charge in [-0.2, -0.15) is 0 Å². The second kappa shape index (κ2) is 15.5. The number of amides is 2. The quantitative estimate of drug-likeness (QED) is 0.0644. The zero-order chi connectivity index (χ0) is 33.4. The molecule has 0 bridgehead atoms. The number of phenolic OH excluding ortho intramolecular Hbond substituents is 1. The van der Waals surface area contributed by atoms with Gasteiger partial charge in [0.05, 0.1) is 43.1 Å². The molecule has 1 fully saturated rings. The molecule has 1 aromatic carbocycles. The summed E-state index contributed by atoms with van der Waals surface area (Å²) in [5.74, 6) is -7.87. The number of benzene rings is 1. The van der Waals surface area contributed by atoms with Crippen molar-refractivity contribution >= 4 is 51.8 Å². The molecule has 1 unspecified atom stereocenters. The van der Waals surface area contributed by atoms with E-state index in [2.05, 4.69) is 26.5 Å². The van der Waals surface area contributed by atoms with E-state index in [9.17, 15) is 38.7 Å². The number of hydrogen-bond donors (Lipinski definition) is 9. The number of nitrogens with one attached hydrogen (secondary N) is 5. The van der Waals surface area contributed by atoms with Crippen molar-refractivity contribution in [2.45, 2.75) is 76.2 Å². The number of carbonyl (C=O) groups is 7. The van der Waals surface area contributed by atoms with Crippen LogP contribution in [0.5, 0.6) is 5.75 Å². The summed E-state index contributed by atoms with van der Waals surface area (Å²) in [6.45, 7) is 3.90. The summed E-state index contributed by atoms with van der Waals surface area (Å²) >= 11 is 0. The first-order chi connectivity index (χ1) is 21.2. The Kier molecular flexibility index (Phi) is 12.0. The second-order valence-electron chi connectivity index (χ2n) is 11.4. The lowest BCUT2D eigenvalue weighted by molar-refractivity contribution is -0.143. The zero-order valence-corrected chi connectivity index (χ0v) is 24.9. The molecule has 1 aromatic heterocycles. The molecule has 16 heteroatoms. The minimum absolute atomic E-state index is 0.0713. The van der Waals surface area contributed by atoms with E-state index >= 15 is 0 Å². The summed E-state index contributed by atoms with van der Waals surface area (Å²) in [6, 6.07) is -2.05. The van der Waals surface area contributed by atoms with Gasteiger partial charge in [0.15, 0.2) is 0 Å². The van der Waals surface area contributed by atoms with Gasteiger partial charge in [-0.05, 0) is 55.5 Å². The van der Waals surface area contributed by atoms with Crippen LogP contribution in [0.3, 0.4) is 0 Å². The van der Waals surface area contributed by atoms with Crippen LogP contribution >= 0.6 is 0 Å². The standard InChI is InChI=1S/C29H39N7O9/c1-13(2)24(34-29(45)19-4-3-7-32-19)28(44)27(43)21(11-22(31)38)36-35-20(26(42)25(41)17(30)10-23(39)40)8-14-12-33-18-6-5-15(37)9-16(14)18/h5-6,9,12-13,17,19-21,24,32-33,35-37H,3-4,7-8,10-11,30H2,1-2H3,(H2,31,38)(H,34,45)(H,39,40)/t17-,19-,20?,21-,24-/m0/s1. The number of fused-ring (bicyclic) bond motifs is 1. The van der Waals surface area contributed by atoms with E-state index in [4.69, 9.17) is 16.6 Å². The molecule has 16 nitrogen and oxygen atoms in total. The van der Waals surface area contributed by atoms with Gasteiger partial charge in [0.1, 0.15) is 5.75 Å². The van der Waals surface area contributed by atoms with Crippen LogP contribution < -0.4 is 33.0 Å². The molecular formula is C29H39N7O9. The third-order valence-corrected chi connectivity index (χ3v) is 7.49. The molecule has 2 heterocycles. The van der Waals surface area contributed by atoms with E-state index in [-0.39, 0.29) is 12.2 Å². The second-order valence-corrected chi connectivity index (χ2v) is 11.4. The number of carboxylic acid groups (broad SMARTS) is 1. The van der Waals surface area contributed by atoms with Crippen LogP contribution in [0.4, 0.5) is 0 Å². The Labute approximate surface area is 258 Å². The van der Waals surface area contributed by atoms with Crippen LogP contribution in [-0.4, -0.2) is 92.9 Å². The van der Waals surface area contributed by atoms with Gasteiger partial charge in [-0.1, -0.05) is 13.8 Å². The minimum atomic E-state index is -1.67. The highest BCUT2D eigenvalue weighted by molar-refractivity contribution is 6.42. The molecule has 0 radical (unpaired) electrons. The largest absolute Gasteiger partial charge is 0.508 e. The number of ketones is 4. The van der Waals surface area contributed by atoms with E-state index in [1.165, 1.54) is 18.3 Å². The topological polar surface area (TPSA) is 276 Å². The average Bonchev–Trinajstić information content (AvgIpc) is 3.65. The fraction of sp³-hybridized carbons (Fsp3) is 0.483. The molecule has 3 rings (SSSR count). The van der Waals surface area contributed by atoms with Crippen molar-refractivity contribution in [3.8, 4) is 5.75 Å². The molecule has 45 heavy (non-hydrogen) atoms. The number of aliphatic carboxylic acids is 1. The van der Waals surface area contributed by atoms with Gasteiger partial charge in [-0.3, -0.25) is 33.6 Å². The maximum atomic E-state index is 13.4. The molecule has 2 aromatic rings. The predicted molar refractivity (Wildman–Crippen MR) is 159 cm³/mol. The summed E-state index contributed by atoms with van der Waals surface area (Å²) in [6.07, 6.45) is 1.13. The van der Waals surface area contributed by atoms with Gasteiger partial charge in [-0.25, -0.2) is 10.9 Å². The smallest absolute Gasteiger partial charge is 0.305 e. The van der Waals surface area contributed by atoms with Crippen LogP contribution in [-0.2, 0) is 40.0 Å². The van der Waals surface area contributed by atoms with Crippen molar-refractivity contribution in [1.29, 1.82) is 0 Å². The number of aromatic hydroxyl groups is 1.